The highest BCUT2D eigenvalue weighted by Gasteiger charge is 2.69. The molecule has 4 saturated carbocycles. The molecule has 0 unspecified atom stereocenters. The molecule has 1 amide bonds. The van der Waals surface area contributed by atoms with Crippen LogP contribution in [0, 0.1) is 50.2 Å². The first kappa shape index (κ1) is 34.1. The van der Waals surface area contributed by atoms with E-state index in [1.54, 1.807) is 0 Å². The van der Waals surface area contributed by atoms with Crippen LogP contribution in [0.25, 0.3) is 0 Å². The highest BCUT2D eigenvalue weighted by Crippen LogP contribution is 2.75. The number of aliphatic carboxylic acids is 1. The molecule has 6 aliphatic rings. The lowest BCUT2D eigenvalue weighted by molar-refractivity contribution is -0.179. The second kappa shape index (κ2) is 11.1. The number of carboxylic acids is 1. The average Bonchev–Trinajstić information content (AvgIpc) is 3.24. The Bertz CT molecular complexity index is 1420. The highest BCUT2D eigenvalue weighted by atomic mass is 32.2. The Kier molecular flexibility index (Phi) is 8.27. The van der Waals surface area contributed by atoms with E-state index >= 15 is 0 Å². The Labute approximate surface area is 285 Å². The van der Waals surface area contributed by atoms with E-state index in [1.807, 2.05) is 6.92 Å². The molecule has 9 heteroatoms. The molecule has 1 saturated heterocycles. The van der Waals surface area contributed by atoms with Gasteiger partial charge in [0.2, 0.25) is 5.91 Å². The van der Waals surface area contributed by atoms with E-state index in [-0.39, 0.29) is 50.7 Å². The second-order valence-corrected chi connectivity index (χ2v) is 19.4. The Morgan fingerprint density at radius 2 is 1.74 bits per heavy atom. The summed E-state index contributed by atoms with van der Waals surface area (Å²) in [5.74, 6) is -0.288. The molecule has 8 atom stereocenters. The molecular formula is C37H54N2O5S2. The van der Waals surface area contributed by atoms with Gasteiger partial charge in [-0.05, 0) is 110 Å². The zero-order chi connectivity index (χ0) is 33.7. The van der Waals surface area contributed by atoms with Crippen LogP contribution in [0.1, 0.15) is 126 Å². The number of rotatable bonds is 5. The molecular weight excluding hydrogens is 617 g/mol. The summed E-state index contributed by atoms with van der Waals surface area (Å²) in [4.78, 5) is 45.3. The van der Waals surface area contributed by atoms with Gasteiger partial charge in [0, 0.05) is 5.41 Å². The van der Waals surface area contributed by atoms with Crippen molar-refractivity contribution in [2.45, 2.75) is 131 Å². The van der Waals surface area contributed by atoms with Crippen molar-refractivity contribution in [2.75, 3.05) is 6.54 Å². The van der Waals surface area contributed by atoms with Crippen molar-refractivity contribution in [1.82, 2.24) is 4.90 Å². The number of amides is 1. The molecule has 1 N–H and O–H groups in total. The maximum atomic E-state index is 12.9. The van der Waals surface area contributed by atoms with E-state index in [0.29, 0.717) is 22.6 Å². The number of oxime groups is 1. The molecule has 0 aromatic carbocycles. The number of fused-ring (bicyclic) bond motifs is 7. The van der Waals surface area contributed by atoms with Gasteiger partial charge in [-0.2, -0.15) is 0 Å². The van der Waals surface area contributed by atoms with Crippen LogP contribution in [0.2, 0.25) is 0 Å². The first-order valence-corrected chi connectivity index (χ1v) is 18.9. The van der Waals surface area contributed by atoms with Crippen LogP contribution in [-0.4, -0.2) is 49.7 Å². The zero-order valence-electron chi connectivity index (χ0n) is 29.2. The molecule has 254 valence electrons. The molecule has 0 radical (unpaired) electrons. The Balaban J connectivity index is 1.24. The number of thiocarbonyl (C=S) groups is 1. The van der Waals surface area contributed by atoms with Crippen LogP contribution < -0.4 is 0 Å². The lowest BCUT2D eigenvalue weighted by Crippen LogP contribution is -2.64. The van der Waals surface area contributed by atoms with Crippen LogP contribution in [0.4, 0.5) is 0 Å². The normalized spacial score (nSPS) is 43.6. The molecule has 6 rings (SSSR count). The van der Waals surface area contributed by atoms with Crippen molar-refractivity contribution in [1.29, 1.82) is 0 Å². The van der Waals surface area contributed by atoms with E-state index in [0.717, 1.165) is 69.9 Å². The molecule has 1 aliphatic heterocycles. The standard InChI is InChI=1S/C37H54N2O5S2/c1-9-24-29(41)39(31(45)46-24)21-28(40)44-38-27-13-14-34(6)25(33(27,4)5)12-15-36(8)26(34)11-10-22-23-20-32(2,3)16-18-37(23,30(42)43)19-17-35(22,36)7/h10,23-26H,9,11-21H2,1-8H3,(H,42,43)/b38-27-/t23-,24-,25+,26+,34-,35+,36+,37-/m0/s1. The number of carbonyl (C=O) groups is 3. The summed E-state index contributed by atoms with van der Waals surface area (Å²) in [6.45, 7) is 18.5. The van der Waals surface area contributed by atoms with Crippen LogP contribution in [0.5, 0.6) is 0 Å². The van der Waals surface area contributed by atoms with Gasteiger partial charge in [-0.1, -0.05) is 96.2 Å². The summed E-state index contributed by atoms with van der Waals surface area (Å²) < 4.78 is 0.428. The lowest BCUT2D eigenvalue weighted by atomic mass is 9.33. The Morgan fingerprint density at radius 1 is 1.04 bits per heavy atom. The molecule has 0 spiro atoms. The molecule has 5 aliphatic carbocycles. The van der Waals surface area contributed by atoms with Crippen LogP contribution in [0.15, 0.2) is 16.8 Å². The first-order valence-electron chi connectivity index (χ1n) is 17.6. The minimum atomic E-state index is -0.621. The molecule has 0 aromatic heterocycles. The van der Waals surface area contributed by atoms with Gasteiger partial charge in [0.1, 0.15) is 10.9 Å². The fourth-order valence-corrected chi connectivity index (χ4v) is 13.2. The topological polar surface area (TPSA) is 96.3 Å². The summed E-state index contributed by atoms with van der Waals surface area (Å²) in [5.41, 5.74) is 1.82. The number of hydrogen-bond acceptors (Lipinski definition) is 7. The average molecular weight is 671 g/mol. The molecule has 7 nitrogen and oxygen atoms in total. The van der Waals surface area contributed by atoms with Crippen molar-refractivity contribution in [3.05, 3.63) is 11.6 Å². The SMILES string of the molecule is CC[C@@H]1SC(=S)N(CC(=O)O/N=C2/CC[C@@]3(C)[C@H](CC[C@]4(C)[C@@H]3CC=C3[C@@H]5CC(C)(C)CC[C@]5(C(=O)O)CC[C@]34C)C2(C)C)C1=O. The van der Waals surface area contributed by atoms with E-state index in [4.69, 9.17) is 17.1 Å². The molecule has 0 bridgehead atoms. The largest absolute Gasteiger partial charge is 0.481 e. The molecule has 0 aromatic rings. The molecule has 1 heterocycles. The van der Waals surface area contributed by atoms with E-state index in [1.165, 1.54) is 22.2 Å². The minimum absolute atomic E-state index is 0.0162. The quantitative estimate of drug-likeness (QED) is 0.136. The predicted octanol–water partition coefficient (Wildman–Crippen LogP) is 8.41. The van der Waals surface area contributed by atoms with E-state index < -0.39 is 17.4 Å². The van der Waals surface area contributed by atoms with Crippen molar-refractivity contribution < 1.29 is 24.3 Å². The third-order valence-corrected chi connectivity index (χ3v) is 16.5. The van der Waals surface area contributed by atoms with Crippen molar-refractivity contribution in [2.24, 2.45) is 55.4 Å². The number of carbonyl (C=O) groups excluding carboxylic acids is 2. The van der Waals surface area contributed by atoms with Gasteiger partial charge in [0.25, 0.3) is 0 Å². The van der Waals surface area contributed by atoms with Crippen LogP contribution in [-0.2, 0) is 19.2 Å². The van der Waals surface area contributed by atoms with Gasteiger partial charge in [-0.15, -0.1) is 0 Å². The maximum absolute atomic E-state index is 12.9. The molecule has 5 fully saturated rings. The fourth-order valence-electron chi connectivity index (χ4n) is 11.8. The van der Waals surface area contributed by atoms with Gasteiger partial charge in [-0.3, -0.25) is 14.5 Å². The zero-order valence-corrected chi connectivity index (χ0v) is 30.8. The number of allylic oxidation sites excluding steroid dienone is 2. The van der Waals surface area contributed by atoms with E-state index in [2.05, 4.69) is 59.7 Å². The van der Waals surface area contributed by atoms with E-state index in [9.17, 15) is 19.5 Å². The predicted molar refractivity (Wildman–Crippen MR) is 186 cm³/mol. The number of nitrogens with zero attached hydrogens (tertiary/aromatic N) is 2. The number of hydrogen-bond donors (Lipinski definition) is 1. The Hall–Kier alpha value is -1.74. The van der Waals surface area contributed by atoms with Gasteiger partial charge in [-0.25, -0.2) is 4.79 Å². The summed E-state index contributed by atoms with van der Waals surface area (Å²) in [6, 6.07) is 0. The van der Waals surface area contributed by atoms with Gasteiger partial charge in [0.05, 0.1) is 16.4 Å². The first-order chi connectivity index (χ1) is 21.4. The van der Waals surface area contributed by atoms with Gasteiger partial charge in [0.15, 0.2) is 0 Å². The summed E-state index contributed by atoms with van der Waals surface area (Å²) >= 11 is 6.69. The molecule has 46 heavy (non-hydrogen) atoms. The fraction of sp³-hybridized carbons (Fsp3) is 0.811. The second-order valence-electron chi connectivity index (χ2n) is 17.6. The van der Waals surface area contributed by atoms with Crippen LogP contribution in [0.3, 0.4) is 0 Å². The van der Waals surface area contributed by atoms with Gasteiger partial charge < -0.3 is 9.94 Å². The van der Waals surface area contributed by atoms with Crippen molar-refractivity contribution in [3.63, 3.8) is 0 Å². The summed E-state index contributed by atoms with van der Waals surface area (Å²) in [6.07, 6.45) is 12.6. The van der Waals surface area contributed by atoms with Crippen molar-refractivity contribution >= 4 is 51.9 Å². The summed E-state index contributed by atoms with van der Waals surface area (Å²) in [7, 11) is 0. The summed E-state index contributed by atoms with van der Waals surface area (Å²) in [5, 5.41) is 14.9. The maximum Gasteiger partial charge on any atom is 0.354 e. The van der Waals surface area contributed by atoms with Crippen molar-refractivity contribution in [3.8, 4) is 0 Å². The lowest BCUT2D eigenvalue weighted by Gasteiger charge is -2.70. The highest BCUT2D eigenvalue weighted by molar-refractivity contribution is 8.24. The monoisotopic (exact) mass is 670 g/mol. The smallest absolute Gasteiger partial charge is 0.354 e. The third kappa shape index (κ3) is 4.81. The Morgan fingerprint density at radius 3 is 2.39 bits per heavy atom. The number of thioether (sulfide) groups is 1. The third-order valence-electron chi connectivity index (χ3n) is 14.8. The number of carboxylic acid groups (broad SMARTS) is 1. The van der Waals surface area contributed by atoms with Gasteiger partial charge >= 0.3 is 11.9 Å². The van der Waals surface area contributed by atoms with Crippen LogP contribution >= 0.6 is 24.0 Å². The minimum Gasteiger partial charge on any atom is -0.481 e.